The Morgan fingerprint density at radius 3 is 1.22 bits per heavy atom. The first-order chi connectivity index (χ1) is 39.8. The van der Waals surface area contributed by atoms with E-state index in [9.17, 15) is 47.9 Å². The van der Waals surface area contributed by atoms with Crippen LogP contribution in [0.1, 0.15) is 165 Å². The third-order valence-corrected chi connectivity index (χ3v) is 15.0. The molecule has 17 nitrogen and oxygen atoms in total. The second-order valence-corrected chi connectivity index (χ2v) is 25.7. The first kappa shape index (κ1) is 79.6. The van der Waals surface area contributed by atoms with Gasteiger partial charge in [0.05, 0.1) is 44.2 Å². The first-order valence-electron chi connectivity index (χ1n) is 30.1. The predicted octanol–water partition coefficient (Wildman–Crippen LogP) is 9.52. The highest BCUT2D eigenvalue weighted by atomic mass is 32.2. The summed E-state index contributed by atoms with van der Waals surface area (Å²) in [5, 5.41) is 11.6. The van der Waals surface area contributed by atoms with Crippen molar-refractivity contribution in [2.45, 2.75) is 185 Å². The normalized spacial score (nSPS) is 13.6. The van der Waals surface area contributed by atoms with Gasteiger partial charge < -0.3 is 36.5 Å². The van der Waals surface area contributed by atoms with Crippen LogP contribution in [0.25, 0.3) is 0 Å². The third kappa shape index (κ3) is 37.7. The Hall–Kier alpha value is -5.40. The number of amides is 4. The van der Waals surface area contributed by atoms with Crippen molar-refractivity contribution in [3.63, 3.8) is 0 Å². The van der Waals surface area contributed by atoms with Crippen molar-refractivity contribution in [1.29, 1.82) is 0 Å². The van der Waals surface area contributed by atoms with Gasteiger partial charge >= 0.3 is 11.9 Å². The summed E-state index contributed by atoms with van der Waals surface area (Å²) in [6.07, 6.45) is 8.42. The largest absolute Gasteiger partial charge is 0.465 e. The van der Waals surface area contributed by atoms with Gasteiger partial charge in [0.25, 0.3) is 0 Å². The molecular formula is C66H107N5O12S2. The topological polar surface area (TPSA) is 263 Å². The van der Waals surface area contributed by atoms with Crippen LogP contribution in [0.2, 0.25) is 0 Å². The molecule has 85 heavy (non-hydrogen) atoms. The molecule has 2 rings (SSSR count). The Morgan fingerprint density at radius 2 is 0.882 bits per heavy atom. The van der Waals surface area contributed by atoms with Gasteiger partial charge in [-0.15, -0.1) is 0 Å². The SMILES string of the molecule is C.CSCCC(CC(=O)OCC(C)C)C(=O)NC(CC(C)C)C(=O)CC(Cc1ccccc1)C(=O)NCCC(C)=O.CSCCC(CC(=O)OCC(C)C)C(=O)NC(CC(C)C)C(=O)CC(Cc1ccccc1)C(=O)NCCCCC(N)C(C)=O. The lowest BCUT2D eigenvalue weighted by Crippen LogP contribution is -2.46. The van der Waals surface area contributed by atoms with Crippen molar-refractivity contribution in [3.05, 3.63) is 71.8 Å². The van der Waals surface area contributed by atoms with Crippen molar-refractivity contribution >= 4 is 82.2 Å². The molecule has 480 valence electrons. The number of Topliss-reactive ketones (excluding diaryl/α,β-unsaturated/α-hetero) is 4. The zero-order valence-electron chi connectivity index (χ0n) is 52.6. The van der Waals surface area contributed by atoms with Crippen molar-refractivity contribution in [2.24, 2.45) is 53.1 Å². The number of hydrogen-bond donors (Lipinski definition) is 5. The van der Waals surface area contributed by atoms with Crippen LogP contribution in [0, 0.1) is 47.3 Å². The summed E-state index contributed by atoms with van der Waals surface area (Å²) in [7, 11) is 0. The number of ketones is 4. The number of nitrogens with one attached hydrogen (secondary N) is 4. The average molecular weight is 1230 g/mol. The van der Waals surface area contributed by atoms with Gasteiger partial charge in [0.2, 0.25) is 23.6 Å². The van der Waals surface area contributed by atoms with E-state index in [-0.39, 0.29) is 117 Å². The maximum atomic E-state index is 13.7. The Labute approximate surface area is 518 Å². The minimum absolute atomic E-state index is 0. The molecule has 2 aromatic rings. The highest BCUT2D eigenvalue weighted by Crippen LogP contribution is 2.22. The van der Waals surface area contributed by atoms with Crippen LogP contribution in [0.4, 0.5) is 0 Å². The number of thioether (sulfide) groups is 2. The number of esters is 2. The molecule has 4 amide bonds. The molecule has 2 aromatic carbocycles. The number of rotatable bonds is 43. The quantitative estimate of drug-likeness (QED) is 0.0306. The van der Waals surface area contributed by atoms with Gasteiger partial charge in [-0.25, -0.2) is 0 Å². The summed E-state index contributed by atoms with van der Waals surface area (Å²) in [6.45, 7) is 19.8. The summed E-state index contributed by atoms with van der Waals surface area (Å²) in [6, 6.07) is 17.0. The number of benzene rings is 2. The van der Waals surface area contributed by atoms with Gasteiger partial charge in [-0.05, 0) is 130 Å². The minimum Gasteiger partial charge on any atom is -0.465 e. The fourth-order valence-corrected chi connectivity index (χ4v) is 9.95. The lowest BCUT2D eigenvalue weighted by Gasteiger charge is -2.25. The van der Waals surface area contributed by atoms with Crippen LogP contribution in [-0.4, -0.2) is 127 Å². The lowest BCUT2D eigenvalue weighted by atomic mass is 9.88. The van der Waals surface area contributed by atoms with Crippen molar-refractivity contribution in [3.8, 4) is 0 Å². The van der Waals surface area contributed by atoms with E-state index in [0.717, 1.165) is 11.1 Å². The van der Waals surface area contributed by atoms with Crippen LogP contribution in [-0.2, 0) is 70.3 Å². The van der Waals surface area contributed by atoms with Crippen molar-refractivity contribution in [2.75, 3.05) is 50.3 Å². The zero-order chi connectivity index (χ0) is 63.1. The van der Waals surface area contributed by atoms with Crippen LogP contribution in [0.15, 0.2) is 60.7 Å². The predicted molar refractivity (Wildman–Crippen MR) is 344 cm³/mol. The number of carbonyl (C=O) groups excluding carboxylic acids is 10. The summed E-state index contributed by atoms with van der Waals surface area (Å²) < 4.78 is 10.6. The summed E-state index contributed by atoms with van der Waals surface area (Å²) in [5.41, 5.74) is 7.67. The molecule has 0 radical (unpaired) electrons. The van der Waals surface area contributed by atoms with E-state index in [2.05, 4.69) is 21.3 Å². The summed E-state index contributed by atoms with van der Waals surface area (Å²) in [4.78, 5) is 128. The summed E-state index contributed by atoms with van der Waals surface area (Å²) in [5.74, 6) is -3.04. The van der Waals surface area contributed by atoms with E-state index in [4.69, 9.17) is 15.2 Å². The molecule has 0 aliphatic heterocycles. The van der Waals surface area contributed by atoms with Crippen LogP contribution < -0.4 is 27.0 Å². The van der Waals surface area contributed by atoms with E-state index in [0.29, 0.717) is 89.1 Å². The lowest BCUT2D eigenvalue weighted by molar-refractivity contribution is -0.148. The molecule has 0 aliphatic rings. The fourth-order valence-electron chi connectivity index (χ4n) is 8.91. The molecule has 0 fully saturated rings. The standard InChI is InChI=1S/C34H55N3O6S.C31H48N2O6S.CH4/c1-23(2)18-30(37-34(42)27(15-17-44-6)21-32(40)43-22-24(3)4)31(39)20-28(19-26-12-8-7-9-13-26)33(41)36-16-11-10-14-29(35)25(5)38;1-21(2)16-27(33-31(38)25(13-15-40-6)19-29(36)39-20-22(3)4)28(35)18-26(17-24-10-8-7-9-11-24)30(37)32-14-12-23(5)34;/h7-9,12-13,23-24,27-30H,10-11,14-22,35H2,1-6H3,(H,36,41)(H,37,42);7-11,21-22,25-27H,12-20H2,1-6H3,(H,32,37)(H,33,38);1H4. The van der Waals surface area contributed by atoms with Gasteiger partial charge in [-0.1, -0.05) is 123 Å². The number of hydrogen-bond acceptors (Lipinski definition) is 15. The van der Waals surface area contributed by atoms with Gasteiger partial charge in [-0.2, -0.15) is 23.5 Å². The maximum absolute atomic E-state index is 13.7. The maximum Gasteiger partial charge on any atom is 0.306 e. The Balaban J connectivity index is 0.00000165. The monoisotopic (exact) mass is 1230 g/mol. The minimum atomic E-state index is -0.778. The molecule has 0 heterocycles. The number of nitrogens with two attached hydrogens (primary N) is 1. The van der Waals surface area contributed by atoms with Gasteiger partial charge in [0.1, 0.15) is 11.6 Å². The average Bonchev–Trinajstić information content (AvgIpc) is 3.64. The van der Waals surface area contributed by atoms with Gasteiger partial charge in [0.15, 0.2) is 11.6 Å². The molecule has 7 unspecified atom stereocenters. The molecule has 0 saturated heterocycles. The Kier molecular flexibility index (Phi) is 42.9. The Morgan fingerprint density at radius 1 is 0.494 bits per heavy atom. The van der Waals surface area contributed by atoms with Crippen LogP contribution >= 0.6 is 23.5 Å². The number of ether oxygens (including phenoxy) is 2. The second-order valence-electron chi connectivity index (χ2n) is 23.8. The number of unbranched alkanes of at least 4 members (excludes halogenated alkanes) is 1. The molecule has 0 aromatic heterocycles. The molecule has 7 atom stereocenters. The molecule has 0 spiro atoms. The molecule has 0 saturated carbocycles. The van der Waals surface area contributed by atoms with E-state index in [1.165, 1.54) is 13.8 Å². The summed E-state index contributed by atoms with van der Waals surface area (Å²) >= 11 is 3.17. The van der Waals surface area contributed by atoms with Gasteiger partial charge in [0, 0.05) is 56.0 Å². The smallest absolute Gasteiger partial charge is 0.306 e. The van der Waals surface area contributed by atoms with E-state index >= 15 is 0 Å². The first-order valence-corrected chi connectivity index (χ1v) is 32.9. The van der Waals surface area contributed by atoms with E-state index in [1.807, 2.05) is 129 Å². The molecule has 0 aliphatic carbocycles. The zero-order valence-corrected chi connectivity index (χ0v) is 54.2. The van der Waals surface area contributed by atoms with Crippen LogP contribution in [0.5, 0.6) is 0 Å². The molecule has 19 heteroatoms. The highest BCUT2D eigenvalue weighted by molar-refractivity contribution is 7.98. The van der Waals surface area contributed by atoms with Crippen molar-refractivity contribution in [1.82, 2.24) is 21.3 Å². The van der Waals surface area contributed by atoms with E-state index < -0.39 is 53.7 Å². The van der Waals surface area contributed by atoms with Crippen LogP contribution in [0.3, 0.4) is 0 Å². The number of carbonyl (C=O) groups is 10. The molecule has 0 bridgehead atoms. The van der Waals surface area contributed by atoms with E-state index in [1.54, 1.807) is 23.5 Å². The molecular weight excluding hydrogens is 1120 g/mol. The fraction of sp³-hybridized carbons (Fsp3) is 0.667. The molecule has 6 N–H and O–H groups in total. The second kappa shape index (κ2) is 45.9. The Bertz CT molecular complexity index is 2300. The van der Waals surface area contributed by atoms with Gasteiger partial charge in [-0.3, -0.25) is 47.9 Å². The highest BCUT2D eigenvalue weighted by Gasteiger charge is 2.33. The van der Waals surface area contributed by atoms with Crippen molar-refractivity contribution < 1.29 is 57.4 Å². The third-order valence-electron chi connectivity index (χ3n) is 13.7.